The van der Waals surface area contributed by atoms with Gasteiger partial charge in [0.2, 0.25) is 17.7 Å². The molecule has 1 aliphatic rings. The number of amides is 3. The average Bonchev–Trinajstić information content (AvgIpc) is 2.28. The first-order chi connectivity index (χ1) is 8.49. The molecule has 0 radical (unpaired) electrons. The van der Waals surface area contributed by atoms with Crippen LogP contribution in [0.4, 0.5) is 0 Å². The third kappa shape index (κ3) is 5.11. The number of ether oxygens (including phenoxy) is 1. The van der Waals surface area contributed by atoms with E-state index in [0.717, 1.165) is 4.90 Å². The number of rotatable bonds is 6. The van der Waals surface area contributed by atoms with E-state index < -0.39 is 11.8 Å². The fourth-order valence-electron chi connectivity index (χ4n) is 1.70. The molecule has 0 saturated carbocycles. The van der Waals surface area contributed by atoms with E-state index in [9.17, 15) is 14.4 Å². The van der Waals surface area contributed by atoms with Crippen molar-refractivity contribution >= 4 is 17.7 Å². The lowest BCUT2D eigenvalue weighted by atomic mass is 10.1. The lowest BCUT2D eigenvalue weighted by Crippen LogP contribution is -2.48. The Kier molecular flexibility index (Phi) is 5.53. The van der Waals surface area contributed by atoms with Gasteiger partial charge in [-0.1, -0.05) is 0 Å². The summed E-state index contributed by atoms with van der Waals surface area (Å²) < 4.78 is 5.21. The molecule has 1 saturated heterocycles. The second kappa shape index (κ2) is 6.92. The Morgan fingerprint density at radius 3 is 2.28 bits per heavy atom. The Hall–Kier alpha value is -1.67. The highest BCUT2D eigenvalue weighted by atomic mass is 16.5. The van der Waals surface area contributed by atoms with Gasteiger partial charge >= 0.3 is 0 Å². The minimum absolute atomic E-state index is 0.116. The van der Waals surface area contributed by atoms with E-state index in [1.807, 2.05) is 0 Å². The highest BCUT2D eigenvalue weighted by Crippen LogP contribution is 2.02. The molecule has 8 heteroatoms. The first-order valence-corrected chi connectivity index (χ1v) is 5.64. The summed E-state index contributed by atoms with van der Waals surface area (Å²) in [7, 11) is 0. The second-order valence-corrected chi connectivity index (χ2v) is 4.11. The SMILES string of the molecule is NC(=O)CN(CC(N)=O)C(=O)CC1COCCN1. The molecule has 1 unspecified atom stereocenters. The fourth-order valence-corrected chi connectivity index (χ4v) is 1.70. The number of carbonyl (C=O) groups is 3. The molecule has 1 fully saturated rings. The summed E-state index contributed by atoms with van der Waals surface area (Å²) >= 11 is 0. The number of nitrogens with zero attached hydrogens (tertiary/aromatic N) is 1. The molecule has 1 atom stereocenters. The summed E-state index contributed by atoms with van der Waals surface area (Å²) in [5.41, 5.74) is 10.0. The molecule has 1 rings (SSSR count). The van der Waals surface area contributed by atoms with Crippen LogP contribution in [-0.2, 0) is 19.1 Å². The van der Waals surface area contributed by atoms with E-state index in [0.29, 0.717) is 19.8 Å². The monoisotopic (exact) mass is 258 g/mol. The minimum atomic E-state index is -0.683. The summed E-state index contributed by atoms with van der Waals surface area (Å²) in [5.74, 6) is -1.72. The summed E-state index contributed by atoms with van der Waals surface area (Å²) in [6.45, 7) is 1.08. The van der Waals surface area contributed by atoms with Gasteiger partial charge in [0.1, 0.15) is 0 Å². The fraction of sp³-hybridized carbons (Fsp3) is 0.700. The normalized spacial score (nSPS) is 19.2. The molecule has 1 aliphatic heterocycles. The van der Waals surface area contributed by atoms with Crippen LogP contribution >= 0.6 is 0 Å². The lowest BCUT2D eigenvalue weighted by molar-refractivity contribution is -0.139. The summed E-state index contributed by atoms with van der Waals surface area (Å²) in [5, 5.41) is 3.11. The van der Waals surface area contributed by atoms with E-state index in [4.69, 9.17) is 16.2 Å². The Morgan fingerprint density at radius 1 is 1.22 bits per heavy atom. The number of nitrogens with one attached hydrogen (secondary N) is 1. The minimum Gasteiger partial charge on any atom is -0.378 e. The molecule has 18 heavy (non-hydrogen) atoms. The first kappa shape index (κ1) is 14.4. The molecule has 0 bridgehead atoms. The summed E-state index contributed by atoms with van der Waals surface area (Å²) in [4.78, 5) is 34.6. The third-order valence-corrected chi connectivity index (χ3v) is 2.47. The van der Waals surface area contributed by atoms with Crippen molar-refractivity contribution in [3.05, 3.63) is 0 Å². The van der Waals surface area contributed by atoms with E-state index in [-0.39, 0.29) is 31.5 Å². The zero-order valence-corrected chi connectivity index (χ0v) is 10.1. The zero-order valence-electron chi connectivity index (χ0n) is 10.1. The molecule has 0 spiro atoms. The molecule has 0 aromatic carbocycles. The van der Waals surface area contributed by atoms with Crippen LogP contribution in [0.25, 0.3) is 0 Å². The van der Waals surface area contributed by atoms with Gasteiger partial charge < -0.3 is 26.4 Å². The number of carbonyl (C=O) groups excluding carboxylic acids is 3. The van der Waals surface area contributed by atoms with Crippen molar-refractivity contribution in [1.82, 2.24) is 10.2 Å². The quantitative estimate of drug-likeness (QED) is 0.473. The molecule has 102 valence electrons. The standard InChI is InChI=1S/C10H18N4O4/c11-8(15)4-14(5-9(12)16)10(17)3-7-6-18-2-1-13-7/h7,13H,1-6H2,(H2,11,15)(H2,12,16). The maximum atomic E-state index is 11.9. The first-order valence-electron chi connectivity index (χ1n) is 5.64. The predicted molar refractivity (Wildman–Crippen MR) is 62.2 cm³/mol. The van der Waals surface area contributed by atoms with Crippen molar-refractivity contribution in [2.45, 2.75) is 12.5 Å². The van der Waals surface area contributed by atoms with Crippen molar-refractivity contribution in [3.63, 3.8) is 0 Å². The number of hydrogen-bond donors (Lipinski definition) is 3. The van der Waals surface area contributed by atoms with Crippen LogP contribution in [0.15, 0.2) is 0 Å². The number of hydrogen-bond acceptors (Lipinski definition) is 5. The van der Waals surface area contributed by atoms with Crippen LogP contribution in [0, 0.1) is 0 Å². The number of primary amides is 2. The molecule has 0 aromatic heterocycles. The molecule has 3 amide bonds. The molecule has 1 heterocycles. The second-order valence-electron chi connectivity index (χ2n) is 4.11. The molecule has 0 aromatic rings. The van der Waals surface area contributed by atoms with Gasteiger partial charge in [-0.2, -0.15) is 0 Å². The van der Waals surface area contributed by atoms with Gasteiger partial charge in [-0.3, -0.25) is 14.4 Å². The maximum Gasteiger partial charge on any atom is 0.237 e. The van der Waals surface area contributed by atoms with Crippen LogP contribution in [0.5, 0.6) is 0 Å². The Labute approximate surface area is 105 Å². The summed E-state index contributed by atoms with van der Waals surface area (Å²) in [6, 6.07) is -0.116. The average molecular weight is 258 g/mol. The lowest BCUT2D eigenvalue weighted by Gasteiger charge is -2.26. The molecular weight excluding hydrogens is 240 g/mol. The zero-order chi connectivity index (χ0) is 13.5. The molecule has 5 N–H and O–H groups in total. The van der Waals surface area contributed by atoms with Crippen LogP contribution < -0.4 is 16.8 Å². The van der Waals surface area contributed by atoms with Gasteiger partial charge in [0.05, 0.1) is 26.3 Å². The maximum absolute atomic E-state index is 11.9. The van der Waals surface area contributed by atoms with E-state index in [1.54, 1.807) is 0 Å². The molecular formula is C10H18N4O4. The topological polar surface area (TPSA) is 128 Å². The summed E-state index contributed by atoms with van der Waals surface area (Å²) in [6.07, 6.45) is 0.139. The van der Waals surface area contributed by atoms with E-state index in [2.05, 4.69) is 5.32 Å². The Balaban J connectivity index is 2.51. The molecule has 8 nitrogen and oxygen atoms in total. The Morgan fingerprint density at radius 2 is 1.83 bits per heavy atom. The largest absolute Gasteiger partial charge is 0.378 e. The van der Waals surface area contributed by atoms with E-state index >= 15 is 0 Å². The van der Waals surface area contributed by atoms with Crippen LogP contribution in [-0.4, -0.2) is 61.5 Å². The highest BCUT2D eigenvalue weighted by Gasteiger charge is 2.23. The highest BCUT2D eigenvalue weighted by molar-refractivity contribution is 5.88. The van der Waals surface area contributed by atoms with Crippen molar-refractivity contribution in [2.24, 2.45) is 11.5 Å². The van der Waals surface area contributed by atoms with Crippen molar-refractivity contribution in [1.29, 1.82) is 0 Å². The van der Waals surface area contributed by atoms with Gasteiger partial charge in [0.25, 0.3) is 0 Å². The van der Waals surface area contributed by atoms with Gasteiger partial charge in [0, 0.05) is 19.0 Å². The van der Waals surface area contributed by atoms with Crippen LogP contribution in [0.1, 0.15) is 6.42 Å². The van der Waals surface area contributed by atoms with Gasteiger partial charge in [-0.15, -0.1) is 0 Å². The predicted octanol–water partition coefficient (Wildman–Crippen LogP) is -2.84. The van der Waals surface area contributed by atoms with Crippen LogP contribution in [0.2, 0.25) is 0 Å². The van der Waals surface area contributed by atoms with Gasteiger partial charge in [0.15, 0.2) is 0 Å². The van der Waals surface area contributed by atoms with Crippen LogP contribution in [0.3, 0.4) is 0 Å². The molecule has 0 aliphatic carbocycles. The number of nitrogens with two attached hydrogens (primary N) is 2. The van der Waals surface area contributed by atoms with Gasteiger partial charge in [-0.05, 0) is 0 Å². The smallest absolute Gasteiger partial charge is 0.237 e. The van der Waals surface area contributed by atoms with Crippen molar-refractivity contribution in [3.8, 4) is 0 Å². The van der Waals surface area contributed by atoms with Crippen molar-refractivity contribution in [2.75, 3.05) is 32.8 Å². The number of morpholine rings is 1. The van der Waals surface area contributed by atoms with Crippen molar-refractivity contribution < 1.29 is 19.1 Å². The third-order valence-electron chi connectivity index (χ3n) is 2.47. The van der Waals surface area contributed by atoms with E-state index in [1.165, 1.54) is 0 Å². The van der Waals surface area contributed by atoms with Gasteiger partial charge in [-0.25, -0.2) is 0 Å². The Bertz CT molecular complexity index is 312.